The fourth-order valence-corrected chi connectivity index (χ4v) is 7.50. The number of hydrogen-bond donors (Lipinski definition) is 4. The molecule has 1 aliphatic heterocycles. The summed E-state index contributed by atoms with van der Waals surface area (Å²) in [5.74, 6) is 0.821. The number of aromatic nitrogens is 1. The molecule has 3 aliphatic carbocycles. The summed E-state index contributed by atoms with van der Waals surface area (Å²) < 4.78 is 15.3. The van der Waals surface area contributed by atoms with Gasteiger partial charge >= 0.3 is 7.12 Å². The number of guanidine groups is 1. The second-order valence-corrected chi connectivity index (χ2v) is 13.9. The summed E-state index contributed by atoms with van der Waals surface area (Å²) in [7, 11) is 1.08. The molecule has 2 bridgehead atoms. The number of benzene rings is 1. The molecule has 3 saturated carbocycles. The molecule has 2 amide bonds. The van der Waals surface area contributed by atoms with E-state index in [4.69, 9.17) is 15.0 Å². The lowest BCUT2D eigenvalue weighted by atomic mass is 9.43. The Morgan fingerprint density at radius 3 is 2.45 bits per heavy atom. The Hall–Kier alpha value is -3.31. The first-order chi connectivity index (χ1) is 20.9. The molecule has 1 aromatic carbocycles. The highest BCUT2D eigenvalue weighted by Gasteiger charge is 2.68. The van der Waals surface area contributed by atoms with Crippen molar-refractivity contribution in [2.45, 2.75) is 90.4 Å². The molecule has 238 valence electrons. The first-order valence-electron chi connectivity index (χ1n) is 16.1. The van der Waals surface area contributed by atoms with E-state index in [0.717, 1.165) is 12.1 Å². The van der Waals surface area contributed by atoms with Crippen LogP contribution in [0.1, 0.15) is 77.1 Å². The van der Waals surface area contributed by atoms with Crippen LogP contribution in [0.5, 0.6) is 0 Å². The van der Waals surface area contributed by atoms with Gasteiger partial charge in [-0.3, -0.25) is 14.6 Å². The fourth-order valence-electron chi connectivity index (χ4n) is 7.50. The number of hydrogen-bond acceptors (Lipinski definition) is 5. The second-order valence-electron chi connectivity index (χ2n) is 13.9. The van der Waals surface area contributed by atoms with Crippen molar-refractivity contribution in [2.24, 2.45) is 33.9 Å². The lowest BCUT2D eigenvalue weighted by Gasteiger charge is -2.64. The van der Waals surface area contributed by atoms with Crippen molar-refractivity contribution in [1.82, 2.24) is 20.5 Å². The Labute approximate surface area is 262 Å². The molecule has 1 saturated heterocycles. The Morgan fingerprint density at radius 2 is 1.82 bits per heavy atom. The molecule has 6 atom stereocenters. The monoisotopic (exact) mass is 604 g/mol. The third-order valence-electron chi connectivity index (χ3n) is 10.2. The van der Waals surface area contributed by atoms with Gasteiger partial charge in [-0.25, -0.2) is 0 Å². The Balaban J connectivity index is 1.28. The molecule has 0 spiro atoms. The van der Waals surface area contributed by atoms with Crippen LogP contribution >= 0.6 is 0 Å². The highest BCUT2D eigenvalue weighted by molar-refractivity contribution is 6.48. The van der Waals surface area contributed by atoms with Crippen LogP contribution < -0.4 is 21.7 Å². The van der Waals surface area contributed by atoms with Gasteiger partial charge in [0.25, 0.3) is 5.91 Å². The van der Waals surface area contributed by atoms with Gasteiger partial charge in [0.1, 0.15) is 6.04 Å². The number of amides is 2. The Bertz CT molecular complexity index is 1330. The van der Waals surface area contributed by atoms with Gasteiger partial charge in [0.15, 0.2) is 5.96 Å². The van der Waals surface area contributed by atoms with Crippen LogP contribution in [0.25, 0.3) is 5.69 Å². The van der Waals surface area contributed by atoms with Gasteiger partial charge < -0.3 is 35.6 Å². The van der Waals surface area contributed by atoms with E-state index < -0.39 is 13.2 Å². The van der Waals surface area contributed by atoms with Crippen molar-refractivity contribution in [3.05, 3.63) is 54.4 Å². The summed E-state index contributed by atoms with van der Waals surface area (Å²) in [6.07, 6.45) is 7.79. The molecule has 0 radical (unpaired) electrons. The van der Waals surface area contributed by atoms with Gasteiger partial charge in [0, 0.05) is 37.2 Å². The standard InChI is InChI=1S/C33H49BN6O4/c1-21(2)18-28(34-43-27-20-23-19-26(32(23,3)4)33(27,5)44-34)39-30(42)25(10-9-15-37-31(35)36-6)38-29(41)22-11-13-24(14-12-22)40-16-7-8-17-40/h7-8,11-14,16-17,21,23,25-28H,9-10,15,18-20H2,1-6H3,(H,38,41)(H,39,42)(H3,35,36,37)/t23-,25-,26-,27+,28-,33-/m0/s1. The number of carbonyl (C=O) groups is 2. The summed E-state index contributed by atoms with van der Waals surface area (Å²) in [5.41, 5.74) is 7.09. The molecule has 2 heterocycles. The van der Waals surface area contributed by atoms with Crippen molar-refractivity contribution >= 4 is 24.9 Å². The molecule has 4 fully saturated rings. The van der Waals surface area contributed by atoms with E-state index in [0.29, 0.717) is 55.1 Å². The third-order valence-corrected chi connectivity index (χ3v) is 10.2. The number of aliphatic imine (C=N–C) groups is 1. The van der Waals surface area contributed by atoms with Crippen LogP contribution in [-0.2, 0) is 14.1 Å². The fraction of sp³-hybridized carbons (Fsp3) is 0.606. The van der Waals surface area contributed by atoms with Crippen LogP contribution in [0.3, 0.4) is 0 Å². The lowest BCUT2D eigenvalue weighted by Crippen LogP contribution is -2.65. The molecule has 11 heteroatoms. The minimum Gasteiger partial charge on any atom is -0.404 e. The summed E-state index contributed by atoms with van der Waals surface area (Å²) in [5, 5.41) is 9.26. The highest BCUT2D eigenvalue weighted by Crippen LogP contribution is 2.65. The van der Waals surface area contributed by atoms with E-state index >= 15 is 0 Å². The number of nitrogens with two attached hydrogens (primary N) is 1. The summed E-state index contributed by atoms with van der Waals surface area (Å²) in [4.78, 5) is 31.2. The maximum absolute atomic E-state index is 13.9. The molecular formula is C33H49BN6O4. The normalized spacial score (nSPS) is 26.8. The average molecular weight is 605 g/mol. The van der Waals surface area contributed by atoms with Gasteiger partial charge in [-0.2, -0.15) is 0 Å². The molecule has 10 nitrogen and oxygen atoms in total. The molecule has 6 rings (SSSR count). The van der Waals surface area contributed by atoms with Crippen LogP contribution in [0.15, 0.2) is 53.8 Å². The average Bonchev–Trinajstić information content (AvgIpc) is 3.65. The number of nitrogens with zero attached hydrogens (tertiary/aromatic N) is 2. The Morgan fingerprint density at radius 1 is 1.11 bits per heavy atom. The summed E-state index contributed by atoms with van der Waals surface area (Å²) in [6, 6.07) is 10.5. The van der Waals surface area contributed by atoms with Crippen molar-refractivity contribution in [2.75, 3.05) is 13.6 Å². The Kier molecular flexibility index (Phi) is 9.46. The summed E-state index contributed by atoms with van der Waals surface area (Å²) >= 11 is 0. The molecule has 44 heavy (non-hydrogen) atoms. The lowest BCUT2D eigenvalue weighted by molar-refractivity contribution is -0.199. The van der Waals surface area contributed by atoms with Gasteiger partial charge in [-0.1, -0.05) is 27.7 Å². The van der Waals surface area contributed by atoms with Crippen LogP contribution in [0, 0.1) is 23.2 Å². The van der Waals surface area contributed by atoms with Crippen LogP contribution in [-0.4, -0.2) is 66.7 Å². The third kappa shape index (κ3) is 6.54. The maximum atomic E-state index is 13.9. The molecule has 4 aliphatic rings. The predicted molar refractivity (Wildman–Crippen MR) is 173 cm³/mol. The van der Waals surface area contributed by atoms with E-state index in [1.807, 2.05) is 41.2 Å². The smallest absolute Gasteiger partial charge is 0.404 e. The summed E-state index contributed by atoms with van der Waals surface area (Å²) in [6.45, 7) is 11.7. The quantitative estimate of drug-likeness (QED) is 0.127. The minimum absolute atomic E-state index is 0.0256. The zero-order valence-electron chi connectivity index (χ0n) is 27.0. The largest absolute Gasteiger partial charge is 0.481 e. The molecular weight excluding hydrogens is 555 g/mol. The molecule has 5 N–H and O–H groups in total. The van der Waals surface area contributed by atoms with Crippen molar-refractivity contribution in [3.63, 3.8) is 0 Å². The van der Waals surface area contributed by atoms with E-state index in [2.05, 4.69) is 55.6 Å². The highest BCUT2D eigenvalue weighted by atomic mass is 16.7. The molecule has 1 aromatic heterocycles. The minimum atomic E-state index is -0.756. The topological polar surface area (TPSA) is 132 Å². The van der Waals surface area contributed by atoms with Crippen LogP contribution in [0.2, 0.25) is 0 Å². The number of rotatable bonds is 12. The van der Waals surface area contributed by atoms with Gasteiger partial charge in [0.2, 0.25) is 5.91 Å². The molecule has 2 aromatic rings. The zero-order chi connectivity index (χ0) is 31.6. The van der Waals surface area contributed by atoms with E-state index in [-0.39, 0.29) is 34.9 Å². The van der Waals surface area contributed by atoms with Gasteiger partial charge in [-0.15, -0.1) is 0 Å². The van der Waals surface area contributed by atoms with Crippen LogP contribution in [0.4, 0.5) is 0 Å². The van der Waals surface area contributed by atoms with E-state index in [1.165, 1.54) is 6.42 Å². The van der Waals surface area contributed by atoms with Gasteiger partial charge in [-0.05, 0) is 98.6 Å². The number of nitrogens with one attached hydrogen (secondary N) is 3. The maximum Gasteiger partial charge on any atom is 0.481 e. The van der Waals surface area contributed by atoms with Gasteiger partial charge in [0.05, 0.1) is 17.6 Å². The van der Waals surface area contributed by atoms with E-state index in [9.17, 15) is 9.59 Å². The van der Waals surface area contributed by atoms with Crippen molar-refractivity contribution < 1.29 is 18.9 Å². The van der Waals surface area contributed by atoms with E-state index in [1.54, 1.807) is 19.2 Å². The zero-order valence-corrected chi connectivity index (χ0v) is 27.0. The second kappa shape index (κ2) is 13.0. The SMILES string of the molecule is CN=C(N)NCCC[C@H](NC(=O)c1ccc(-n2cccc2)cc1)C(=O)N[C@@H](CC(C)C)B1O[C@@H]2C[C@@H]3C[C@@H](C3(C)C)[C@]2(C)O1. The first-order valence-corrected chi connectivity index (χ1v) is 16.1. The van der Waals surface area contributed by atoms with Crippen molar-refractivity contribution in [3.8, 4) is 5.69 Å². The number of carbonyl (C=O) groups excluding carboxylic acids is 2. The first kappa shape index (κ1) is 32.1. The van der Waals surface area contributed by atoms with Crippen molar-refractivity contribution in [1.29, 1.82) is 0 Å². The molecule has 0 unspecified atom stereocenters. The predicted octanol–water partition coefficient (Wildman–Crippen LogP) is 3.69.